The summed E-state index contributed by atoms with van der Waals surface area (Å²) in [7, 11) is 0. The molecule has 5 heteroatoms. The second kappa shape index (κ2) is 10.0. The van der Waals surface area contributed by atoms with Crippen LogP contribution in [0, 0.1) is 0 Å². The van der Waals surface area contributed by atoms with Crippen LogP contribution in [0.25, 0.3) is 0 Å². The van der Waals surface area contributed by atoms with E-state index in [4.69, 9.17) is 4.74 Å². The first kappa shape index (κ1) is 19.2. The maximum absolute atomic E-state index is 12.7. The zero-order valence-electron chi connectivity index (χ0n) is 14.9. The minimum Gasteiger partial charge on any atom is -0.484 e. The van der Waals surface area contributed by atoms with Crippen molar-refractivity contribution in [2.45, 2.75) is 19.5 Å². The second-order valence-corrected chi connectivity index (χ2v) is 5.82. The van der Waals surface area contributed by atoms with Crippen LogP contribution in [0.5, 0.6) is 5.75 Å². The van der Waals surface area contributed by atoms with Crippen LogP contribution in [0.2, 0.25) is 0 Å². The van der Waals surface area contributed by atoms with E-state index in [1.807, 2.05) is 48.5 Å². The molecule has 0 aliphatic heterocycles. The van der Waals surface area contributed by atoms with E-state index in [-0.39, 0.29) is 18.4 Å². The van der Waals surface area contributed by atoms with E-state index in [0.29, 0.717) is 18.8 Å². The molecule has 0 bridgehead atoms. The molecule has 0 aromatic heterocycles. The first-order valence-electron chi connectivity index (χ1n) is 8.51. The van der Waals surface area contributed by atoms with Gasteiger partial charge in [-0.25, -0.2) is 0 Å². The van der Waals surface area contributed by atoms with Crippen LogP contribution in [-0.2, 0) is 16.1 Å². The van der Waals surface area contributed by atoms with E-state index in [1.165, 1.54) is 4.90 Å². The molecule has 1 N–H and O–H groups in total. The minimum absolute atomic E-state index is 0.129. The third-order valence-electron chi connectivity index (χ3n) is 3.89. The normalized spacial score (nSPS) is 11.3. The van der Waals surface area contributed by atoms with E-state index < -0.39 is 6.04 Å². The van der Waals surface area contributed by atoms with Gasteiger partial charge in [-0.1, -0.05) is 54.6 Å². The van der Waals surface area contributed by atoms with Crippen molar-refractivity contribution in [2.24, 2.45) is 0 Å². The highest BCUT2D eigenvalue weighted by molar-refractivity contribution is 5.88. The van der Waals surface area contributed by atoms with Crippen molar-refractivity contribution in [3.05, 3.63) is 78.9 Å². The van der Waals surface area contributed by atoms with Crippen LogP contribution >= 0.6 is 0 Å². The van der Waals surface area contributed by atoms with Gasteiger partial charge >= 0.3 is 0 Å². The zero-order valence-corrected chi connectivity index (χ0v) is 14.9. The van der Waals surface area contributed by atoms with Crippen molar-refractivity contribution in [3.8, 4) is 5.75 Å². The molecule has 0 saturated carbocycles. The lowest BCUT2D eigenvalue weighted by Crippen LogP contribution is -2.49. The molecule has 5 nitrogen and oxygen atoms in total. The highest BCUT2D eigenvalue weighted by Crippen LogP contribution is 2.12. The number of amides is 2. The zero-order chi connectivity index (χ0) is 18.8. The number of hydrogen-bond acceptors (Lipinski definition) is 3. The molecular weight excluding hydrogens is 328 g/mol. The van der Waals surface area contributed by atoms with Crippen LogP contribution < -0.4 is 10.1 Å². The van der Waals surface area contributed by atoms with Crippen molar-refractivity contribution in [3.63, 3.8) is 0 Å². The third kappa shape index (κ3) is 5.77. The van der Waals surface area contributed by atoms with Crippen molar-refractivity contribution in [2.75, 3.05) is 13.2 Å². The lowest BCUT2D eigenvalue weighted by atomic mass is 10.1. The molecule has 0 fully saturated rings. The summed E-state index contributed by atoms with van der Waals surface area (Å²) in [5, 5.41) is 2.74. The highest BCUT2D eigenvalue weighted by atomic mass is 16.5. The predicted molar refractivity (Wildman–Crippen MR) is 102 cm³/mol. The quantitative estimate of drug-likeness (QED) is 0.706. The molecule has 0 unspecified atom stereocenters. The van der Waals surface area contributed by atoms with Gasteiger partial charge in [0, 0.05) is 13.1 Å². The standard InChI is InChI=1S/C21H24N2O3/c1-3-14-22-21(25)17(2)23(15-18-10-6-4-7-11-18)20(24)16-26-19-12-8-5-9-13-19/h3-13,17H,1,14-16H2,2H3,(H,22,25)/t17-/m1/s1. The van der Waals surface area contributed by atoms with Gasteiger partial charge in [0.25, 0.3) is 5.91 Å². The van der Waals surface area contributed by atoms with Gasteiger partial charge in [0.1, 0.15) is 11.8 Å². The largest absolute Gasteiger partial charge is 0.484 e. The molecule has 0 saturated heterocycles. The van der Waals surface area contributed by atoms with Crippen molar-refractivity contribution >= 4 is 11.8 Å². The Morgan fingerprint density at radius 1 is 1.12 bits per heavy atom. The molecule has 2 aromatic rings. The number of nitrogens with one attached hydrogen (secondary N) is 1. The Morgan fingerprint density at radius 2 is 1.73 bits per heavy atom. The van der Waals surface area contributed by atoms with Gasteiger partial charge in [-0.15, -0.1) is 6.58 Å². The number of para-hydroxylation sites is 1. The molecule has 2 aromatic carbocycles. The molecule has 136 valence electrons. The van der Waals surface area contributed by atoms with Gasteiger partial charge in [0.2, 0.25) is 5.91 Å². The third-order valence-corrected chi connectivity index (χ3v) is 3.89. The van der Waals surface area contributed by atoms with Gasteiger partial charge in [0.05, 0.1) is 0 Å². The van der Waals surface area contributed by atoms with Gasteiger partial charge < -0.3 is 15.0 Å². The average Bonchev–Trinajstić information content (AvgIpc) is 2.69. The Morgan fingerprint density at radius 3 is 2.35 bits per heavy atom. The summed E-state index contributed by atoms with van der Waals surface area (Å²) in [6, 6.07) is 18.1. The van der Waals surface area contributed by atoms with Gasteiger partial charge in [-0.3, -0.25) is 9.59 Å². The number of hydrogen-bond donors (Lipinski definition) is 1. The first-order valence-corrected chi connectivity index (χ1v) is 8.51. The minimum atomic E-state index is -0.623. The van der Waals surface area contributed by atoms with Crippen LogP contribution in [0.15, 0.2) is 73.3 Å². The van der Waals surface area contributed by atoms with Gasteiger partial charge in [0.15, 0.2) is 6.61 Å². The molecule has 1 atom stereocenters. The lowest BCUT2D eigenvalue weighted by Gasteiger charge is -2.28. The van der Waals surface area contributed by atoms with Crippen LogP contribution in [-0.4, -0.2) is 35.9 Å². The highest BCUT2D eigenvalue weighted by Gasteiger charge is 2.26. The Kier molecular flexibility index (Phi) is 7.43. The predicted octanol–water partition coefficient (Wildman–Crippen LogP) is 2.78. The summed E-state index contributed by atoms with van der Waals surface area (Å²) < 4.78 is 5.56. The monoisotopic (exact) mass is 352 g/mol. The lowest BCUT2D eigenvalue weighted by molar-refractivity contribution is -0.142. The summed E-state index contributed by atoms with van der Waals surface area (Å²) in [5.74, 6) is 0.136. The van der Waals surface area contributed by atoms with Crippen molar-refractivity contribution < 1.29 is 14.3 Å². The second-order valence-electron chi connectivity index (χ2n) is 5.82. The number of nitrogens with zero attached hydrogens (tertiary/aromatic N) is 1. The number of ether oxygens (including phenoxy) is 1. The average molecular weight is 352 g/mol. The Bertz CT molecular complexity index is 717. The first-order chi connectivity index (χ1) is 12.6. The van der Waals surface area contributed by atoms with Crippen molar-refractivity contribution in [1.29, 1.82) is 0 Å². The number of carbonyl (C=O) groups excluding carboxylic acids is 2. The molecule has 0 aliphatic carbocycles. The number of rotatable bonds is 9. The topological polar surface area (TPSA) is 58.6 Å². The van der Waals surface area contributed by atoms with Crippen LogP contribution in [0.3, 0.4) is 0 Å². The molecule has 2 rings (SSSR count). The molecule has 0 radical (unpaired) electrons. The van der Waals surface area contributed by atoms with E-state index in [0.717, 1.165) is 5.56 Å². The Labute approximate surface area is 154 Å². The van der Waals surface area contributed by atoms with Crippen molar-refractivity contribution in [1.82, 2.24) is 10.2 Å². The van der Waals surface area contributed by atoms with E-state index >= 15 is 0 Å². The maximum Gasteiger partial charge on any atom is 0.261 e. The van der Waals surface area contributed by atoms with E-state index in [9.17, 15) is 9.59 Å². The Balaban J connectivity index is 2.09. The van der Waals surface area contributed by atoms with Crippen LogP contribution in [0.1, 0.15) is 12.5 Å². The smallest absolute Gasteiger partial charge is 0.261 e. The van der Waals surface area contributed by atoms with Gasteiger partial charge in [-0.2, -0.15) is 0 Å². The molecular formula is C21H24N2O3. The maximum atomic E-state index is 12.7. The molecule has 2 amide bonds. The van der Waals surface area contributed by atoms with E-state index in [2.05, 4.69) is 11.9 Å². The fourth-order valence-corrected chi connectivity index (χ4v) is 2.43. The molecule has 26 heavy (non-hydrogen) atoms. The fraction of sp³-hybridized carbons (Fsp3) is 0.238. The SMILES string of the molecule is C=CCNC(=O)[C@@H](C)N(Cc1ccccc1)C(=O)COc1ccccc1. The summed E-state index contributed by atoms with van der Waals surface area (Å²) in [6.07, 6.45) is 1.60. The molecule has 0 aliphatic rings. The molecule has 0 spiro atoms. The summed E-state index contributed by atoms with van der Waals surface area (Å²) >= 11 is 0. The Hall–Kier alpha value is -3.08. The van der Waals surface area contributed by atoms with Crippen LogP contribution in [0.4, 0.5) is 0 Å². The number of carbonyl (C=O) groups is 2. The summed E-state index contributed by atoms with van der Waals surface area (Å²) in [6.45, 7) is 5.86. The fourth-order valence-electron chi connectivity index (χ4n) is 2.43. The summed E-state index contributed by atoms with van der Waals surface area (Å²) in [5.41, 5.74) is 0.948. The summed E-state index contributed by atoms with van der Waals surface area (Å²) in [4.78, 5) is 26.6. The van der Waals surface area contributed by atoms with Gasteiger partial charge in [-0.05, 0) is 24.6 Å². The van der Waals surface area contributed by atoms with E-state index in [1.54, 1.807) is 25.1 Å². The number of benzene rings is 2. The molecule has 0 heterocycles.